The molecule has 186 valence electrons. The molecule has 0 radical (unpaired) electrons. The van der Waals surface area contributed by atoms with E-state index in [2.05, 4.69) is 39.8 Å². The van der Waals surface area contributed by atoms with E-state index >= 15 is 0 Å². The standard InChI is InChI=1S/C28H37NO3.C2H6/c1-16-17-6-7-22-27(4,19(17)14-21(30)23(16)31)9-8-18-20-15-26(3,24(29)32)11-10-25(20,2)12-13-28(18,22)5;1-2/h6-7,14,18,20,31H,8-13,15H2,1-5H3,(H2,29,32);1-2H3/t18?,20?,25?,26-,27?,28?;/m1./s1. The van der Waals surface area contributed by atoms with E-state index in [1.54, 1.807) is 6.08 Å². The Hall–Kier alpha value is -2.10. The third-order valence-electron chi connectivity index (χ3n) is 10.7. The van der Waals surface area contributed by atoms with Crippen molar-refractivity contribution in [3.63, 3.8) is 0 Å². The first-order valence-corrected chi connectivity index (χ1v) is 13.3. The molecule has 0 aromatic heterocycles. The zero-order valence-electron chi connectivity index (χ0n) is 22.2. The topological polar surface area (TPSA) is 80.4 Å². The van der Waals surface area contributed by atoms with Crippen molar-refractivity contribution in [3.8, 4) is 0 Å². The SMILES string of the molecule is CC.CC1=C(O)C(=O)C=C2C1=CC=C1C2(C)CCC2C3C[C@](C)(C(N)=O)CCC3(C)CCC12C. The lowest BCUT2D eigenvalue weighted by Crippen LogP contribution is -2.57. The quantitative estimate of drug-likeness (QED) is 0.450. The van der Waals surface area contributed by atoms with Crippen LogP contribution < -0.4 is 5.73 Å². The summed E-state index contributed by atoms with van der Waals surface area (Å²) in [7, 11) is 0. The van der Waals surface area contributed by atoms with Gasteiger partial charge >= 0.3 is 0 Å². The van der Waals surface area contributed by atoms with Gasteiger partial charge in [-0.15, -0.1) is 0 Å². The van der Waals surface area contributed by atoms with E-state index in [1.807, 2.05) is 20.8 Å². The molecule has 3 saturated carbocycles. The van der Waals surface area contributed by atoms with E-state index < -0.39 is 5.41 Å². The number of amides is 1. The van der Waals surface area contributed by atoms with E-state index in [-0.39, 0.29) is 33.7 Å². The monoisotopic (exact) mass is 465 g/mol. The summed E-state index contributed by atoms with van der Waals surface area (Å²) in [6, 6.07) is 0. The molecule has 34 heavy (non-hydrogen) atoms. The number of hydrogen-bond acceptors (Lipinski definition) is 3. The van der Waals surface area contributed by atoms with Crippen molar-refractivity contribution in [3.05, 3.63) is 46.3 Å². The van der Waals surface area contributed by atoms with Gasteiger partial charge in [-0.05, 0) is 91.8 Å². The van der Waals surface area contributed by atoms with E-state index in [0.717, 1.165) is 49.7 Å². The predicted octanol–water partition coefficient (Wildman–Crippen LogP) is 6.73. The van der Waals surface area contributed by atoms with E-state index in [9.17, 15) is 14.7 Å². The molecular weight excluding hydrogens is 422 g/mol. The number of fused-ring (bicyclic) bond motifs is 7. The molecule has 3 fully saturated rings. The van der Waals surface area contributed by atoms with Gasteiger partial charge in [-0.25, -0.2) is 0 Å². The molecular formula is C30H43NO3. The van der Waals surface area contributed by atoms with Gasteiger partial charge in [-0.3, -0.25) is 9.59 Å². The molecule has 0 aliphatic heterocycles. The van der Waals surface area contributed by atoms with Crippen molar-refractivity contribution in [1.29, 1.82) is 0 Å². The molecule has 0 heterocycles. The first-order valence-electron chi connectivity index (χ1n) is 13.3. The number of ketones is 1. The number of aliphatic hydroxyl groups excluding tert-OH is 1. The third-order valence-corrected chi connectivity index (χ3v) is 10.7. The lowest BCUT2D eigenvalue weighted by molar-refractivity contribution is -0.141. The van der Waals surface area contributed by atoms with Gasteiger partial charge in [0.25, 0.3) is 0 Å². The van der Waals surface area contributed by atoms with Gasteiger partial charge in [-0.1, -0.05) is 59.3 Å². The smallest absolute Gasteiger partial charge is 0.223 e. The molecule has 4 nitrogen and oxygen atoms in total. The maximum atomic E-state index is 12.5. The zero-order valence-corrected chi connectivity index (χ0v) is 22.2. The molecule has 5 aliphatic rings. The first kappa shape index (κ1) is 25.0. The Morgan fingerprint density at radius 3 is 2.29 bits per heavy atom. The number of aliphatic hydroxyl groups is 1. The summed E-state index contributed by atoms with van der Waals surface area (Å²) >= 11 is 0. The minimum Gasteiger partial charge on any atom is -0.504 e. The molecule has 1 amide bonds. The van der Waals surface area contributed by atoms with Crippen LogP contribution in [0.4, 0.5) is 0 Å². The van der Waals surface area contributed by atoms with Gasteiger partial charge in [0.2, 0.25) is 11.7 Å². The maximum Gasteiger partial charge on any atom is 0.223 e. The van der Waals surface area contributed by atoms with Crippen LogP contribution in [0.1, 0.15) is 93.4 Å². The number of hydrogen-bond donors (Lipinski definition) is 2. The van der Waals surface area contributed by atoms with Crippen LogP contribution in [0.2, 0.25) is 0 Å². The normalized spacial score (nSPS) is 43.0. The Morgan fingerprint density at radius 2 is 1.65 bits per heavy atom. The van der Waals surface area contributed by atoms with Crippen LogP contribution in [0.15, 0.2) is 46.3 Å². The van der Waals surface area contributed by atoms with Crippen LogP contribution in [0.5, 0.6) is 0 Å². The summed E-state index contributed by atoms with van der Waals surface area (Å²) in [5.74, 6) is 0.451. The van der Waals surface area contributed by atoms with Crippen molar-refractivity contribution < 1.29 is 14.7 Å². The van der Waals surface area contributed by atoms with Gasteiger partial charge in [0, 0.05) is 16.4 Å². The molecule has 0 spiro atoms. The largest absolute Gasteiger partial charge is 0.504 e. The third kappa shape index (κ3) is 3.23. The zero-order chi connectivity index (χ0) is 25.3. The Bertz CT molecular complexity index is 1060. The van der Waals surface area contributed by atoms with Gasteiger partial charge in [0.15, 0.2) is 5.76 Å². The van der Waals surface area contributed by atoms with Crippen LogP contribution in [0.25, 0.3) is 0 Å². The predicted molar refractivity (Wildman–Crippen MR) is 137 cm³/mol. The Labute approximate surface area is 205 Å². The maximum absolute atomic E-state index is 12.5. The van der Waals surface area contributed by atoms with Gasteiger partial charge in [0.1, 0.15) is 0 Å². The lowest BCUT2D eigenvalue weighted by atomic mass is 9.39. The molecule has 0 aromatic rings. The molecule has 4 heteroatoms. The molecule has 0 saturated heterocycles. The average molecular weight is 466 g/mol. The number of primary amides is 1. The summed E-state index contributed by atoms with van der Waals surface area (Å²) < 4.78 is 0. The molecule has 0 aromatic carbocycles. The van der Waals surface area contributed by atoms with Crippen LogP contribution in [0.3, 0.4) is 0 Å². The fourth-order valence-electron chi connectivity index (χ4n) is 8.26. The Morgan fingerprint density at radius 1 is 1.00 bits per heavy atom. The summed E-state index contributed by atoms with van der Waals surface area (Å²) in [6.07, 6.45) is 13.4. The minimum atomic E-state index is -0.408. The Balaban J connectivity index is 0.00000133. The fourth-order valence-corrected chi connectivity index (χ4v) is 8.26. The van der Waals surface area contributed by atoms with Gasteiger partial charge in [0.05, 0.1) is 0 Å². The molecule has 0 bridgehead atoms. The summed E-state index contributed by atoms with van der Waals surface area (Å²) in [5, 5.41) is 10.2. The van der Waals surface area contributed by atoms with E-state index in [1.165, 1.54) is 12.0 Å². The van der Waals surface area contributed by atoms with E-state index in [4.69, 9.17) is 5.73 Å². The molecule has 5 aliphatic carbocycles. The van der Waals surface area contributed by atoms with Gasteiger partial charge < -0.3 is 10.8 Å². The summed E-state index contributed by atoms with van der Waals surface area (Å²) in [4.78, 5) is 24.9. The van der Waals surface area contributed by atoms with Crippen molar-refractivity contribution in [2.75, 3.05) is 0 Å². The van der Waals surface area contributed by atoms with E-state index in [0.29, 0.717) is 17.4 Å². The lowest BCUT2D eigenvalue weighted by Gasteiger charge is -2.64. The molecule has 3 N–H and O–H groups in total. The summed E-state index contributed by atoms with van der Waals surface area (Å²) in [6.45, 7) is 15.1. The second kappa shape index (κ2) is 7.96. The minimum absolute atomic E-state index is 0.0378. The van der Waals surface area contributed by atoms with Crippen molar-refractivity contribution in [1.82, 2.24) is 0 Å². The number of nitrogens with two attached hydrogens (primary N) is 1. The van der Waals surface area contributed by atoms with Crippen LogP contribution >= 0.6 is 0 Å². The average Bonchev–Trinajstić information content (AvgIpc) is 2.80. The number of carbonyl (C=O) groups excluding carboxylic acids is 2. The number of rotatable bonds is 1. The number of allylic oxidation sites excluding steroid dienone is 7. The molecule has 5 unspecified atom stereocenters. The summed E-state index contributed by atoms with van der Waals surface area (Å²) in [5.41, 5.74) is 9.81. The van der Waals surface area contributed by atoms with Crippen molar-refractivity contribution in [2.24, 2.45) is 39.2 Å². The highest BCUT2D eigenvalue weighted by Crippen LogP contribution is 2.70. The van der Waals surface area contributed by atoms with Crippen molar-refractivity contribution >= 4 is 11.7 Å². The van der Waals surface area contributed by atoms with Crippen LogP contribution in [0, 0.1) is 33.5 Å². The van der Waals surface area contributed by atoms with Crippen molar-refractivity contribution in [2.45, 2.75) is 93.4 Å². The highest BCUT2D eigenvalue weighted by Gasteiger charge is 2.62. The molecule has 5 rings (SSSR count). The van der Waals surface area contributed by atoms with Crippen LogP contribution in [-0.2, 0) is 9.59 Å². The second-order valence-corrected chi connectivity index (χ2v) is 12.3. The highest BCUT2D eigenvalue weighted by atomic mass is 16.3. The Kier molecular flexibility index (Phi) is 5.86. The number of carbonyl (C=O) groups is 2. The van der Waals surface area contributed by atoms with Gasteiger partial charge in [-0.2, -0.15) is 0 Å². The second-order valence-electron chi connectivity index (χ2n) is 12.3. The fraction of sp³-hybridized carbons (Fsp3) is 0.667. The first-order chi connectivity index (χ1) is 15.9. The molecule has 6 atom stereocenters. The highest BCUT2D eigenvalue weighted by molar-refractivity contribution is 6.06. The van der Waals surface area contributed by atoms with Crippen LogP contribution in [-0.4, -0.2) is 16.8 Å².